The molecule has 27 heavy (non-hydrogen) atoms. The molecule has 6 heteroatoms. The van der Waals surface area contributed by atoms with Gasteiger partial charge in [-0.2, -0.15) is 0 Å². The van der Waals surface area contributed by atoms with Crippen LogP contribution in [0.25, 0.3) is 10.2 Å². The lowest BCUT2D eigenvalue weighted by molar-refractivity contribution is 0.177. The maximum absolute atomic E-state index is 13.2. The minimum atomic E-state index is 0.168. The Kier molecular flexibility index (Phi) is 4.55. The van der Waals surface area contributed by atoms with Crippen molar-refractivity contribution < 1.29 is 0 Å². The van der Waals surface area contributed by atoms with E-state index < -0.39 is 0 Å². The highest BCUT2D eigenvalue weighted by Crippen LogP contribution is 2.31. The van der Waals surface area contributed by atoms with Crippen molar-refractivity contribution >= 4 is 21.6 Å². The van der Waals surface area contributed by atoms with Gasteiger partial charge in [-0.1, -0.05) is 30.3 Å². The highest BCUT2D eigenvalue weighted by Gasteiger charge is 2.25. The molecule has 0 spiro atoms. The second-order valence-corrected chi connectivity index (χ2v) is 8.64. The number of hydrogen-bond acceptors (Lipinski definition) is 5. The molecule has 1 aromatic carbocycles. The van der Waals surface area contributed by atoms with Crippen molar-refractivity contribution in [3.05, 3.63) is 63.0 Å². The third kappa shape index (κ3) is 3.22. The molecule has 5 nitrogen and oxygen atoms in total. The van der Waals surface area contributed by atoms with Crippen LogP contribution in [0.5, 0.6) is 0 Å². The molecular formula is C21H24N4OS. The van der Waals surface area contributed by atoms with E-state index in [-0.39, 0.29) is 11.6 Å². The van der Waals surface area contributed by atoms with E-state index in [1.54, 1.807) is 17.7 Å². The summed E-state index contributed by atoms with van der Waals surface area (Å²) in [4.78, 5) is 22.6. The van der Waals surface area contributed by atoms with E-state index in [2.05, 4.69) is 45.5 Å². The monoisotopic (exact) mass is 380 g/mol. The maximum Gasteiger partial charge on any atom is 0.262 e. The number of nitrogens with one attached hydrogen (secondary N) is 1. The third-order valence-corrected chi connectivity index (χ3v) is 7.00. The predicted octanol–water partition coefficient (Wildman–Crippen LogP) is 2.94. The zero-order valence-electron chi connectivity index (χ0n) is 15.4. The van der Waals surface area contributed by atoms with Crippen LogP contribution >= 0.6 is 11.3 Å². The van der Waals surface area contributed by atoms with Crippen LogP contribution in [0.3, 0.4) is 0 Å². The van der Waals surface area contributed by atoms with Gasteiger partial charge in [0.25, 0.3) is 5.56 Å². The highest BCUT2D eigenvalue weighted by atomic mass is 32.1. The Hall–Kier alpha value is -2.02. The normalized spacial score (nSPS) is 18.7. The number of piperidine rings is 1. The SMILES string of the molecule is O=c1c2c3c(sc2ncn1C1CCN(Cc2ccccc2)CC1)CNCC3. The Labute approximate surface area is 162 Å². The molecule has 0 amide bonds. The van der Waals surface area contributed by atoms with Crippen molar-refractivity contribution in [2.24, 2.45) is 0 Å². The number of nitrogens with zero attached hydrogens (tertiary/aromatic N) is 3. The van der Waals surface area contributed by atoms with E-state index >= 15 is 0 Å². The Morgan fingerprint density at radius 3 is 2.81 bits per heavy atom. The van der Waals surface area contributed by atoms with Crippen molar-refractivity contribution in [1.82, 2.24) is 19.8 Å². The molecule has 0 radical (unpaired) electrons. The zero-order chi connectivity index (χ0) is 18.2. The number of fused-ring (bicyclic) bond motifs is 3. The Morgan fingerprint density at radius 1 is 1.19 bits per heavy atom. The van der Waals surface area contributed by atoms with E-state index in [1.807, 2.05) is 4.57 Å². The molecule has 1 saturated heterocycles. The minimum Gasteiger partial charge on any atom is -0.312 e. The summed E-state index contributed by atoms with van der Waals surface area (Å²) in [5.41, 5.74) is 2.76. The van der Waals surface area contributed by atoms with Crippen LogP contribution in [-0.2, 0) is 19.5 Å². The average Bonchev–Trinajstić information content (AvgIpc) is 3.09. The zero-order valence-corrected chi connectivity index (χ0v) is 16.2. The maximum atomic E-state index is 13.2. The first-order valence-corrected chi connectivity index (χ1v) is 10.6. The average molecular weight is 381 g/mol. The Balaban J connectivity index is 1.36. The Bertz CT molecular complexity index is 1000. The summed E-state index contributed by atoms with van der Waals surface area (Å²) in [6.45, 7) is 4.86. The Morgan fingerprint density at radius 2 is 2.00 bits per heavy atom. The molecule has 2 aliphatic heterocycles. The van der Waals surface area contributed by atoms with Crippen LogP contribution in [0.2, 0.25) is 0 Å². The lowest BCUT2D eigenvalue weighted by Crippen LogP contribution is -2.37. The number of rotatable bonds is 3. The summed E-state index contributed by atoms with van der Waals surface area (Å²) in [5.74, 6) is 0. The largest absolute Gasteiger partial charge is 0.312 e. The second-order valence-electron chi connectivity index (χ2n) is 7.56. The molecule has 4 heterocycles. The summed E-state index contributed by atoms with van der Waals surface area (Å²) in [5, 5.41) is 4.27. The molecule has 0 unspecified atom stereocenters. The first-order valence-electron chi connectivity index (χ1n) is 9.78. The van der Waals surface area contributed by atoms with Crippen molar-refractivity contribution in [3.63, 3.8) is 0 Å². The van der Waals surface area contributed by atoms with E-state index in [4.69, 9.17) is 0 Å². The number of likely N-dealkylation sites (tertiary alicyclic amines) is 1. The molecule has 2 aromatic heterocycles. The van der Waals surface area contributed by atoms with Crippen LogP contribution in [0.1, 0.15) is 34.9 Å². The smallest absolute Gasteiger partial charge is 0.262 e. The van der Waals surface area contributed by atoms with Gasteiger partial charge in [-0.3, -0.25) is 14.3 Å². The molecule has 1 fully saturated rings. The van der Waals surface area contributed by atoms with Gasteiger partial charge >= 0.3 is 0 Å². The summed E-state index contributed by atoms with van der Waals surface area (Å²) >= 11 is 1.68. The fourth-order valence-corrected chi connectivity index (χ4v) is 5.53. The third-order valence-electron chi connectivity index (χ3n) is 5.86. The minimum absolute atomic E-state index is 0.168. The van der Waals surface area contributed by atoms with Crippen molar-refractivity contribution in [2.45, 2.75) is 38.4 Å². The van der Waals surface area contributed by atoms with Crippen LogP contribution < -0.4 is 10.9 Å². The van der Waals surface area contributed by atoms with E-state index in [9.17, 15) is 4.79 Å². The molecule has 0 saturated carbocycles. The van der Waals surface area contributed by atoms with Crippen molar-refractivity contribution in [3.8, 4) is 0 Å². The van der Waals surface area contributed by atoms with Crippen LogP contribution in [0.4, 0.5) is 0 Å². The quantitative estimate of drug-likeness (QED) is 0.759. The van der Waals surface area contributed by atoms with Gasteiger partial charge in [0, 0.05) is 37.1 Å². The fourth-order valence-electron chi connectivity index (χ4n) is 4.39. The summed E-state index contributed by atoms with van der Waals surface area (Å²) in [6, 6.07) is 10.9. The van der Waals surface area contributed by atoms with Crippen LogP contribution in [0, 0.1) is 0 Å². The van der Waals surface area contributed by atoms with Gasteiger partial charge in [-0.25, -0.2) is 4.98 Å². The number of hydrogen-bond donors (Lipinski definition) is 1. The van der Waals surface area contributed by atoms with Crippen molar-refractivity contribution in [2.75, 3.05) is 19.6 Å². The molecule has 3 aromatic rings. The van der Waals surface area contributed by atoms with Crippen LogP contribution in [0.15, 0.2) is 41.5 Å². The lowest BCUT2D eigenvalue weighted by atomic mass is 10.0. The van der Waals surface area contributed by atoms with E-state index in [1.165, 1.54) is 16.0 Å². The number of thiophene rings is 1. The van der Waals surface area contributed by atoms with Gasteiger partial charge < -0.3 is 5.32 Å². The van der Waals surface area contributed by atoms with E-state index in [0.29, 0.717) is 0 Å². The summed E-state index contributed by atoms with van der Waals surface area (Å²) in [6.07, 6.45) is 4.74. The first-order chi connectivity index (χ1) is 13.3. The number of benzene rings is 1. The second kappa shape index (κ2) is 7.19. The predicted molar refractivity (Wildman–Crippen MR) is 109 cm³/mol. The molecular weight excluding hydrogens is 356 g/mol. The molecule has 0 aliphatic carbocycles. The summed E-state index contributed by atoms with van der Waals surface area (Å²) in [7, 11) is 0. The van der Waals surface area contributed by atoms with Gasteiger partial charge in [0.1, 0.15) is 4.83 Å². The van der Waals surface area contributed by atoms with Gasteiger partial charge in [0.2, 0.25) is 0 Å². The molecule has 140 valence electrons. The molecule has 0 bridgehead atoms. The van der Waals surface area contributed by atoms with Gasteiger partial charge in [-0.05, 0) is 36.9 Å². The fraction of sp³-hybridized carbons (Fsp3) is 0.429. The van der Waals surface area contributed by atoms with Crippen molar-refractivity contribution in [1.29, 1.82) is 0 Å². The number of aromatic nitrogens is 2. The van der Waals surface area contributed by atoms with Gasteiger partial charge in [-0.15, -0.1) is 11.3 Å². The first kappa shape index (κ1) is 17.1. The van der Waals surface area contributed by atoms with Gasteiger partial charge in [0.15, 0.2) is 0 Å². The topological polar surface area (TPSA) is 50.2 Å². The van der Waals surface area contributed by atoms with E-state index in [0.717, 1.165) is 62.2 Å². The van der Waals surface area contributed by atoms with Gasteiger partial charge in [0.05, 0.1) is 11.7 Å². The molecule has 2 aliphatic rings. The molecule has 0 atom stereocenters. The lowest BCUT2D eigenvalue weighted by Gasteiger charge is -2.32. The highest BCUT2D eigenvalue weighted by molar-refractivity contribution is 7.18. The standard InChI is InChI=1S/C21H24N4OS/c26-21-19-17-6-9-22-12-18(17)27-20(19)23-14-25(21)16-7-10-24(11-8-16)13-15-4-2-1-3-5-15/h1-5,14,16,22H,6-13H2. The summed E-state index contributed by atoms with van der Waals surface area (Å²) < 4.78 is 1.91. The van der Waals surface area contributed by atoms with Crippen LogP contribution in [-0.4, -0.2) is 34.1 Å². The molecule has 1 N–H and O–H groups in total. The molecule has 5 rings (SSSR count).